The lowest BCUT2D eigenvalue weighted by atomic mass is 9.78. The molecule has 2 saturated heterocycles. The second-order valence-corrected chi connectivity index (χ2v) is 9.80. The number of halogens is 4. The van der Waals surface area contributed by atoms with Crippen LogP contribution in [-0.4, -0.2) is 79.0 Å². The Kier molecular flexibility index (Phi) is 6.08. The van der Waals surface area contributed by atoms with Crippen molar-refractivity contribution < 1.29 is 18.4 Å². The maximum absolute atomic E-state index is 15.0. The monoisotopic (exact) mass is 533 g/mol. The van der Waals surface area contributed by atoms with Gasteiger partial charge >= 0.3 is 0 Å². The van der Waals surface area contributed by atoms with Crippen LogP contribution in [0.5, 0.6) is 0 Å². The van der Waals surface area contributed by atoms with Crippen LogP contribution in [0, 0.1) is 5.92 Å². The van der Waals surface area contributed by atoms with Crippen molar-refractivity contribution in [3.8, 4) is 0 Å². The van der Waals surface area contributed by atoms with Gasteiger partial charge in [0.1, 0.15) is 40.2 Å². The number of hydrogen-bond donors (Lipinski definition) is 0. The number of hydrogen-bond acceptors (Lipinski definition) is 4. The molecule has 0 radical (unpaired) electrons. The van der Waals surface area contributed by atoms with Gasteiger partial charge in [0.25, 0.3) is 5.56 Å². The van der Waals surface area contributed by atoms with Crippen LogP contribution < -0.4 is 5.56 Å². The zero-order chi connectivity index (χ0) is 23.3. The van der Waals surface area contributed by atoms with E-state index in [2.05, 4.69) is 20.9 Å². The number of fused-ring (bicyclic) bond motifs is 1. The molecule has 0 saturated carbocycles. The molecule has 2 aliphatic rings. The minimum Gasteiger partial charge on any atom is -0.335 e. The van der Waals surface area contributed by atoms with Gasteiger partial charge in [-0.15, -0.1) is 11.6 Å². The Morgan fingerprint density at radius 1 is 1.19 bits per heavy atom. The fourth-order valence-electron chi connectivity index (χ4n) is 4.24. The van der Waals surface area contributed by atoms with Crippen LogP contribution in [0.2, 0.25) is 0 Å². The maximum atomic E-state index is 15.0. The molecule has 0 aliphatic carbocycles. The fourth-order valence-corrected chi connectivity index (χ4v) is 4.88. The number of likely N-dealkylation sites (tertiary alicyclic amines) is 2. The third-order valence-corrected chi connectivity index (χ3v) is 7.32. The number of amides is 2. The summed E-state index contributed by atoms with van der Waals surface area (Å²) >= 11 is 8.70. The van der Waals surface area contributed by atoms with E-state index in [0.29, 0.717) is 16.5 Å². The average Bonchev–Trinajstić information content (AvgIpc) is 3.10. The maximum Gasteiger partial charge on any atom is 0.278 e. The molecule has 1 atom stereocenters. The number of aromatic nitrogens is 3. The predicted molar refractivity (Wildman–Crippen MR) is 117 cm³/mol. The molecule has 174 valence electrons. The van der Waals surface area contributed by atoms with E-state index in [4.69, 9.17) is 11.6 Å². The summed E-state index contributed by atoms with van der Waals surface area (Å²) in [5.74, 6) is -1.26. The van der Waals surface area contributed by atoms with Gasteiger partial charge in [0, 0.05) is 12.4 Å². The molecule has 4 rings (SSSR count). The van der Waals surface area contributed by atoms with Crippen LogP contribution in [-0.2, 0) is 16.1 Å². The Labute approximate surface area is 196 Å². The second kappa shape index (κ2) is 8.40. The van der Waals surface area contributed by atoms with E-state index in [1.165, 1.54) is 26.9 Å². The third-order valence-electron chi connectivity index (χ3n) is 6.51. The normalized spacial score (nSPS) is 20.0. The van der Waals surface area contributed by atoms with Gasteiger partial charge < -0.3 is 14.4 Å². The highest BCUT2D eigenvalue weighted by Crippen LogP contribution is 2.39. The number of carbonyl (C=O) groups is 2. The molecule has 2 amide bonds. The van der Waals surface area contributed by atoms with E-state index in [-0.39, 0.29) is 62.4 Å². The first-order valence-electron chi connectivity index (χ1n) is 10.3. The summed E-state index contributed by atoms with van der Waals surface area (Å²) in [5.41, 5.74) is -3.15. The van der Waals surface area contributed by atoms with Crippen molar-refractivity contribution in [3.63, 3.8) is 0 Å². The number of alkyl halides is 3. The third kappa shape index (κ3) is 4.16. The van der Waals surface area contributed by atoms with Crippen LogP contribution in [0.25, 0.3) is 5.52 Å². The SMILES string of the molecule is CC(CCC1(F)CN(C(=O)Cn2ccn3cnc(Br)c3c2=O)C1)C1(F)CN(C(=O)CCl)C1. The van der Waals surface area contributed by atoms with Gasteiger partial charge in [0.2, 0.25) is 11.8 Å². The summed E-state index contributed by atoms with van der Waals surface area (Å²) in [5, 5.41) is 0. The Morgan fingerprint density at radius 2 is 1.84 bits per heavy atom. The van der Waals surface area contributed by atoms with Crippen molar-refractivity contribution >= 4 is 44.9 Å². The van der Waals surface area contributed by atoms with Gasteiger partial charge in [-0.2, -0.15) is 0 Å². The standard InChI is InChI=1S/C20H23BrClF2N5O3/c1-13(20(24)10-29(11-20)14(30)6-22)2-3-19(23)8-28(9-19)15(31)7-26-4-5-27-12-25-17(21)16(27)18(26)32/h4-5,12-13H,2-3,6-11H2,1H3. The fraction of sp³-hybridized carbons (Fsp3) is 0.600. The van der Waals surface area contributed by atoms with Gasteiger partial charge in [-0.05, 0) is 34.7 Å². The predicted octanol–water partition coefficient (Wildman–Crippen LogP) is 2.01. The van der Waals surface area contributed by atoms with E-state index in [1.807, 2.05) is 0 Å². The first-order valence-corrected chi connectivity index (χ1v) is 11.6. The number of nitrogens with zero attached hydrogens (tertiary/aromatic N) is 5. The molecule has 2 aliphatic heterocycles. The minimum absolute atomic E-state index is 0.0178. The zero-order valence-corrected chi connectivity index (χ0v) is 19.8. The molecule has 2 fully saturated rings. The molecule has 4 heterocycles. The summed E-state index contributed by atoms with van der Waals surface area (Å²) in [6, 6.07) is 0. The number of imidazole rings is 1. The highest BCUT2D eigenvalue weighted by Gasteiger charge is 2.51. The second-order valence-electron chi connectivity index (χ2n) is 8.78. The molecule has 0 N–H and O–H groups in total. The van der Waals surface area contributed by atoms with Gasteiger partial charge in [0.15, 0.2) is 0 Å². The van der Waals surface area contributed by atoms with Crippen LogP contribution in [0.4, 0.5) is 8.78 Å². The first kappa shape index (κ1) is 23.2. The quantitative estimate of drug-likeness (QED) is 0.509. The molecule has 0 aromatic carbocycles. The highest BCUT2D eigenvalue weighted by molar-refractivity contribution is 9.10. The summed E-state index contributed by atoms with van der Waals surface area (Å²) in [4.78, 5) is 43.3. The zero-order valence-electron chi connectivity index (χ0n) is 17.4. The van der Waals surface area contributed by atoms with E-state index < -0.39 is 17.3 Å². The molecule has 0 bridgehead atoms. The average molecular weight is 535 g/mol. The molecule has 0 spiro atoms. The molecular formula is C20H23BrClF2N5O3. The van der Waals surface area contributed by atoms with Gasteiger partial charge in [-0.1, -0.05) is 6.92 Å². The van der Waals surface area contributed by atoms with Crippen molar-refractivity contribution in [1.82, 2.24) is 23.8 Å². The van der Waals surface area contributed by atoms with E-state index in [9.17, 15) is 23.2 Å². The lowest BCUT2D eigenvalue weighted by molar-refractivity contribution is -0.150. The summed E-state index contributed by atoms with van der Waals surface area (Å²) in [7, 11) is 0. The molecule has 2 aromatic heterocycles. The Balaban J connectivity index is 1.27. The van der Waals surface area contributed by atoms with Crippen molar-refractivity contribution in [2.24, 2.45) is 5.92 Å². The number of rotatable bonds is 7. The molecule has 8 nitrogen and oxygen atoms in total. The van der Waals surface area contributed by atoms with E-state index in [1.54, 1.807) is 17.5 Å². The van der Waals surface area contributed by atoms with Crippen molar-refractivity contribution in [2.75, 3.05) is 32.1 Å². The van der Waals surface area contributed by atoms with Crippen LogP contribution in [0.1, 0.15) is 19.8 Å². The van der Waals surface area contributed by atoms with Crippen LogP contribution in [0.3, 0.4) is 0 Å². The van der Waals surface area contributed by atoms with Gasteiger partial charge in [-0.3, -0.25) is 18.8 Å². The van der Waals surface area contributed by atoms with Crippen LogP contribution in [0.15, 0.2) is 28.1 Å². The van der Waals surface area contributed by atoms with Gasteiger partial charge in [-0.25, -0.2) is 13.8 Å². The lowest BCUT2D eigenvalue weighted by Crippen LogP contribution is -2.65. The van der Waals surface area contributed by atoms with E-state index >= 15 is 0 Å². The first-order chi connectivity index (χ1) is 15.0. The Bertz CT molecular complexity index is 1110. The smallest absolute Gasteiger partial charge is 0.278 e. The molecule has 1 unspecified atom stereocenters. The topological polar surface area (TPSA) is 79.9 Å². The number of carbonyl (C=O) groups excluding carboxylic acids is 2. The largest absolute Gasteiger partial charge is 0.335 e. The van der Waals surface area contributed by atoms with Crippen LogP contribution >= 0.6 is 27.5 Å². The lowest BCUT2D eigenvalue weighted by Gasteiger charge is -2.49. The molecule has 32 heavy (non-hydrogen) atoms. The summed E-state index contributed by atoms with van der Waals surface area (Å²) < 4.78 is 33.1. The summed E-state index contributed by atoms with van der Waals surface area (Å²) in [6.45, 7) is 1.32. The van der Waals surface area contributed by atoms with Crippen molar-refractivity contribution in [2.45, 2.75) is 37.6 Å². The molecule has 2 aromatic rings. The van der Waals surface area contributed by atoms with E-state index in [0.717, 1.165) is 0 Å². The molecular weight excluding hydrogens is 512 g/mol. The van der Waals surface area contributed by atoms with Gasteiger partial charge in [0.05, 0.1) is 26.2 Å². The Morgan fingerprint density at radius 3 is 2.50 bits per heavy atom. The van der Waals surface area contributed by atoms with Crippen molar-refractivity contribution in [1.29, 1.82) is 0 Å². The Hall–Kier alpha value is -2.01. The van der Waals surface area contributed by atoms with Crippen molar-refractivity contribution in [3.05, 3.63) is 33.7 Å². The summed E-state index contributed by atoms with van der Waals surface area (Å²) in [6.07, 6.45) is 5.03. The minimum atomic E-state index is -1.57. The highest BCUT2D eigenvalue weighted by atomic mass is 79.9. The molecule has 12 heteroatoms.